The average molecular weight is 401 g/mol. The monoisotopic (exact) mass is 400 g/mol. The fourth-order valence-electron chi connectivity index (χ4n) is 1.76. The number of rotatable bonds is 6. The minimum atomic E-state index is -1.66. The Kier molecular flexibility index (Phi) is 10.6. The minimum absolute atomic E-state index is 0. The van der Waals surface area contributed by atoms with Crippen molar-refractivity contribution in [3.05, 3.63) is 48.3 Å². The van der Waals surface area contributed by atoms with Gasteiger partial charge in [0.2, 0.25) is 5.90 Å². The third kappa shape index (κ3) is 8.36. The summed E-state index contributed by atoms with van der Waals surface area (Å²) in [7, 11) is -1.66. The van der Waals surface area contributed by atoms with Crippen molar-refractivity contribution in [2.24, 2.45) is 0 Å². The van der Waals surface area contributed by atoms with E-state index in [1.807, 2.05) is 0 Å². The molecular weight excluding hydrogens is 376 g/mol. The molecule has 9 heteroatoms. The van der Waals surface area contributed by atoms with E-state index >= 15 is 0 Å². The first kappa shape index (κ1) is 23.9. The van der Waals surface area contributed by atoms with Crippen molar-refractivity contribution in [3.63, 3.8) is 0 Å². The zero-order valence-electron chi connectivity index (χ0n) is 15.3. The van der Waals surface area contributed by atoms with Crippen LogP contribution in [0.25, 0.3) is 0 Å². The highest BCUT2D eigenvalue weighted by molar-refractivity contribution is 6.69. The van der Waals surface area contributed by atoms with Crippen molar-refractivity contribution in [1.29, 1.82) is 10.7 Å². The Labute approximate surface area is 160 Å². The van der Waals surface area contributed by atoms with E-state index in [9.17, 15) is 5.11 Å². The molecule has 0 bridgehead atoms. The van der Waals surface area contributed by atoms with Gasteiger partial charge >= 0.3 is 0 Å². The van der Waals surface area contributed by atoms with E-state index in [2.05, 4.69) is 25.7 Å². The second-order valence-electron chi connectivity index (χ2n) is 6.05. The predicted octanol–water partition coefficient (Wildman–Crippen LogP) is 4.44. The number of halogens is 1. The van der Waals surface area contributed by atoms with Crippen LogP contribution in [0, 0.1) is 16.7 Å². The number of nitrogens with zero attached hydrogens (tertiary/aromatic N) is 1. The molecule has 144 valence electrons. The van der Waals surface area contributed by atoms with Gasteiger partial charge in [0.1, 0.15) is 0 Å². The first-order valence-corrected chi connectivity index (χ1v) is 11.2. The molecule has 0 aromatic carbocycles. The lowest BCUT2D eigenvalue weighted by Gasteiger charge is -2.20. The molecule has 0 spiro atoms. The number of nitriles is 1. The normalized spacial score (nSPS) is 12.6. The van der Waals surface area contributed by atoms with Gasteiger partial charge in [0.05, 0.1) is 37.7 Å². The van der Waals surface area contributed by atoms with Gasteiger partial charge in [-0.05, 0) is 38.7 Å². The second-order valence-corrected chi connectivity index (χ2v) is 10.5. The van der Waals surface area contributed by atoms with Crippen molar-refractivity contribution in [3.8, 4) is 6.07 Å². The third-order valence-electron chi connectivity index (χ3n) is 2.84. The van der Waals surface area contributed by atoms with Gasteiger partial charge in [-0.25, -0.2) is 0 Å². The molecule has 0 amide bonds. The summed E-state index contributed by atoms with van der Waals surface area (Å²) in [6.07, 6.45) is 4.44. The zero-order valence-corrected chi connectivity index (χ0v) is 17.1. The van der Waals surface area contributed by atoms with Crippen LogP contribution in [0.2, 0.25) is 19.6 Å². The van der Waals surface area contributed by atoms with E-state index in [-0.39, 0.29) is 18.3 Å². The molecule has 2 aromatic rings. The molecular formula is C17H25ClN2O5Si. The topological polar surface area (TPSA) is 113 Å². The van der Waals surface area contributed by atoms with E-state index in [0.717, 1.165) is 5.56 Å². The molecule has 0 aliphatic heterocycles. The summed E-state index contributed by atoms with van der Waals surface area (Å²) in [6.45, 7) is 8.30. The number of hydrogen-bond acceptors (Lipinski definition) is 7. The Bertz CT molecular complexity index is 662. The third-order valence-corrected chi connectivity index (χ3v) is 3.78. The molecule has 2 unspecified atom stereocenters. The smallest absolute Gasteiger partial charge is 0.215 e. The first-order chi connectivity index (χ1) is 11.8. The van der Waals surface area contributed by atoms with Crippen molar-refractivity contribution in [2.45, 2.75) is 38.8 Å². The van der Waals surface area contributed by atoms with E-state index in [0.29, 0.717) is 12.2 Å². The van der Waals surface area contributed by atoms with Crippen LogP contribution in [0.5, 0.6) is 0 Å². The Morgan fingerprint density at radius 1 is 1.23 bits per heavy atom. The summed E-state index contributed by atoms with van der Waals surface area (Å²) >= 11 is 0. The van der Waals surface area contributed by atoms with Crippen LogP contribution < -0.4 is 0 Å². The van der Waals surface area contributed by atoms with Crippen LogP contribution in [-0.4, -0.2) is 25.9 Å². The Morgan fingerprint density at radius 2 is 1.77 bits per heavy atom. The molecule has 0 fully saturated rings. The lowest BCUT2D eigenvalue weighted by Crippen LogP contribution is -2.27. The van der Waals surface area contributed by atoms with Gasteiger partial charge in [-0.2, -0.15) is 5.26 Å². The molecule has 2 heterocycles. The van der Waals surface area contributed by atoms with Crippen LogP contribution in [0.3, 0.4) is 0 Å². The number of aliphatic hydroxyl groups excluding tert-OH is 1. The quantitative estimate of drug-likeness (QED) is 0.421. The number of nitrogens with one attached hydrogen (secondary N) is 1. The standard InChI is InChI=1S/C9H13NO2Si.C8H11NO3.ClH/c1-13(2,3)12-9(6-10)8-4-5-11-7-8;1-2-12-8(9)7(10)6-3-4-11-5-6;/h4-5,7,9H,1-3H3;3-5,7,9-10H,2H2,1H3;1H. The molecule has 2 atom stereocenters. The van der Waals surface area contributed by atoms with Crippen molar-refractivity contribution < 1.29 is 23.1 Å². The number of hydrogen-bond donors (Lipinski definition) is 2. The highest BCUT2D eigenvalue weighted by atomic mass is 35.5. The Morgan fingerprint density at radius 3 is 2.15 bits per heavy atom. The van der Waals surface area contributed by atoms with E-state index < -0.39 is 20.5 Å². The number of ether oxygens (including phenoxy) is 1. The van der Waals surface area contributed by atoms with Gasteiger partial charge in [-0.1, -0.05) is 0 Å². The highest BCUT2D eigenvalue weighted by Gasteiger charge is 2.22. The van der Waals surface area contributed by atoms with Gasteiger partial charge < -0.3 is 23.1 Å². The fraction of sp³-hybridized carbons (Fsp3) is 0.412. The highest BCUT2D eigenvalue weighted by Crippen LogP contribution is 2.21. The molecule has 0 saturated carbocycles. The van der Waals surface area contributed by atoms with Gasteiger partial charge in [0.25, 0.3) is 0 Å². The van der Waals surface area contributed by atoms with Gasteiger partial charge in [-0.15, -0.1) is 12.4 Å². The Hall–Kier alpha value is -2.05. The SMILES string of the molecule is CCOC(=N)C(O)c1ccoc1.C[Si](C)(C)OC(C#N)c1ccoc1.Cl. The zero-order chi connectivity index (χ0) is 18.9. The minimum Gasteiger partial charge on any atom is -0.479 e. The second kappa shape index (κ2) is 11.5. The van der Waals surface area contributed by atoms with Crippen LogP contribution in [0.4, 0.5) is 0 Å². The first-order valence-electron chi connectivity index (χ1n) is 7.79. The number of aliphatic hydroxyl groups is 1. The van der Waals surface area contributed by atoms with Crippen LogP contribution in [0.1, 0.15) is 30.3 Å². The molecule has 7 nitrogen and oxygen atoms in total. The molecule has 26 heavy (non-hydrogen) atoms. The maximum absolute atomic E-state index is 9.40. The lowest BCUT2D eigenvalue weighted by molar-refractivity contribution is 0.190. The van der Waals surface area contributed by atoms with E-state index in [4.69, 9.17) is 28.7 Å². The summed E-state index contributed by atoms with van der Waals surface area (Å²) in [6, 6.07) is 5.47. The fourth-order valence-corrected chi connectivity index (χ4v) is 2.66. The van der Waals surface area contributed by atoms with Crippen molar-refractivity contribution >= 4 is 26.6 Å². The molecule has 0 aliphatic rings. The summed E-state index contributed by atoms with van der Waals surface area (Å²) < 4.78 is 20.1. The molecule has 0 radical (unpaired) electrons. The molecule has 2 aromatic heterocycles. The van der Waals surface area contributed by atoms with Gasteiger partial charge in [0, 0.05) is 11.1 Å². The summed E-state index contributed by atoms with van der Waals surface area (Å²) in [5.74, 6) is -0.154. The predicted molar refractivity (Wildman–Crippen MR) is 102 cm³/mol. The van der Waals surface area contributed by atoms with Crippen LogP contribution in [0.15, 0.2) is 46.0 Å². The molecule has 2 N–H and O–H groups in total. The number of furan rings is 2. The van der Waals surface area contributed by atoms with Gasteiger partial charge in [0.15, 0.2) is 20.5 Å². The van der Waals surface area contributed by atoms with Crippen molar-refractivity contribution in [2.75, 3.05) is 6.61 Å². The Balaban J connectivity index is 0.000000464. The average Bonchev–Trinajstić information content (AvgIpc) is 3.25. The van der Waals surface area contributed by atoms with E-state index in [1.165, 1.54) is 12.5 Å². The lowest BCUT2D eigenvalue weighted by atomic mass is 10.2. The summed E-state index contributed by atoms with van der Waals surface area (Å²) in [5, 5.41) is 25.5. The van der Waals surface area contributed by atoms with Gasteiger partial charge in [-0.3, -0.25) is 5.41 Å². The maximum atomic E-state index is 9.40. The largest absolute Gasteiger partial charge is 0.479 e. The van der Waals surface area contributed by atoms with Crippen molar-refractivity contribution in [1.82, 2.24) is 0 Å². The maximum Gasteiger partial charge on any atom is 0.215 e. The van der Waals surface area contributed by atoms with E-state index in [1.54, 1.807) is 31.6 Å². The molecule has 0 aliphatic carbocycles. The van der Waals surface area contributed by atoms with Crippen LogP contribution in [-0.2, 0) is 9.16 Å². The summed E-state index contributed by atoms with van der Waals surface area (Å²) in [5.41, 5.74) is 1.33. The van der Waals surface area contributed by atoms with Crippen LogP contribution >= 0.6 is 12.4 Å². The summed E-state index contributed by atoms with van der Waals surface area (Å²) in [4.78, 5) is 0. The molecule has 2 rings (SSSR count). The molecule has 0 saturated heterocycles.